The maximum Gasteiger partial charge on any atom is 0.338 e. The van der Waals surface area contributed by atoms with Crippen LogP contribution in [0.2, 0.25) is 0 Å². The zero-order chi connectivity index (χ0) is 19.9. The Morgan fingerprint density at radius 2 is 1.61 bits per heavy atom. The van der Waals surface area contributed by atoms with Crippen molar-refractivity contribution in [3.63, 3.8) is 0 Å². The first-order valence-corrected chi connectivity index (χ1v) is 8.73. The Balaban J connectivity index is 1.43. The molecule has 0 saturated carbocycles. The van der Waals surface area contributed by atoms with Crippen LogP contribution in [0.3, 0.4) is 0 Å². The number of hydrogen-bond acceptors (Lipinski definition) is 6. The fraction of sp³-hybridized carbons (Fsp3) is 0.238. The summed E-state index contributed by atoms with van der Waals surface area (Å²) < 4.78 is 34.2. The van der Waals surface area contributed by atoms with Gasteiger partial charge in [-0.1, -0.05) is 5.16 Å². The molecule has 0 saturated heterocycles. The molecule has 7 heteroatoms. The summed E-state index contributed by atoms with van der Waals surface area (Å²) in [6.45, 7) is 4.29. The number of hydrogen-bond donors (Lipinski definition) is 0. The highest BCUT2D eigenvalue weighted by Crippen LogP contribution is 2.18. The van der Waals surface area contributed by atoms with Crippen molar-refractivity contribution < 1.29 is 27.9 Å². The normalized spacial score (nSPS) is 10.5. The lowest BCUT2D eigenvalue weighted by Crippen LogP contribution is -2.12. The van der Waals surface area contributed by atoms with Crippen molar-refractivity contribution in [2.75, 3.05) is 13.2 Å². The van der Waals surface area contributed by atoms with E-state index in [9.17, 15) is 9.18 Å². The Morgan fingerprint density at radius 3 is 2.25 bits per heavy atom. The Hall–Kier alpha value is -3.35. The zero-order valence-corrected chi connectivity index (χ0v) is 15.6. The average Bonchev–Trinajstić information content (AvgIpc) is 3.03. The highest BCUT2D eigenvalue weighted by Gasteiger charge is 2.11. The Labute approximate surface area is 161 Å². The van der Waals surface area contributed by atoms with Crippen LogP contribution in [0, 0.1) is 19.7 Å². The molecule has 2 aromatic carbocycles. The molecule has 0 bridgehead atoms. The molecule has 0 atom stereocenters. The van der Waals surface area contributed by atoms with Gasteiger partial charge in [-0.15, -0.1) is 0 Å². The lowest BCUT2D eigenvalue weighted by Gasteiger charge is -2.09. The molecule has 3 aromatic rings. The second-order valence-electron chi connectivity index (χ2n) is 6.05. The van der Waals surface area contributed by atoms with E-state index in [2.05, 4.69) is 5.16 Å². The van der Waals surface area contributed by atoms with E-state index in [1.54, 1.807) is 24.3 Å². The lowest BCUT2D eigenvalue weighted by atomic mass is 10.2. The summed E-state index contributed by atoms with van der Waals surface area (Å²) in [5.74, 6) is 1.06. The maximum absolute atomic E-state index is 12.8. The Kier molecular flexibility index (Phi) is 6.26. The van der Waals surface area contributed by atoms with Gasteiger partial charge in [0.25, 0.3) is 0 Å². The third kappa shape index (κ3) is 5.09. The molecule has 0 aliphatic carbocycles. The van der Waals surface area contributed by atoms with Crippen LogP contribution in [0.1, 0.15) is 27.4 Å². The van der Waals surface area contributed by atoms with E-state index in [0.717, 1.165) is 17.0 Å². The number of rotatable bonds is 8. The van der Waals surface area contributed by atoms with Crippen LogP contribution in [-0.2, 0) is 11.3 Å². The maximum atomic E-state index is 12.8. The molecule has 6 nitrogen and oxygen atoms in total. The van der Waals surface area contributed by atoms with E-state index in [-0.39, 0.29) is 19.0 Å². The van der Waals surface area contributed by atoms with Gasteiger partial charge in [0.2, 0.25) is 0 Å². The van der Waals surface area contributed by atoms with Crippen molar-refractivity contribution in [2.45, 2.75) is 20.5 Å². The summed E-state index contributed by atoms with van der Waals surface area (Å²) in [6.07, 6.45) is 0. The lowest BCUT2D eigenvalue weighted by molar-refractivity contribution is 0.0450. The monoisotopic (exact) mass is 385 g/mol. The standard InChI is InChI=1S/C21H20FNO5/c1-14-20(15(2)28-23-14)13-27-19-7-3-16(4-8-19)21(24)26-12-11-25-18-9-5-17(22)6-10-18/h3-10H,11-13H2,1-2H3. The van der Waals surface area contributed by atoms with Crippen molar-refractivity contribution in [3.05, 3.63) is 76.9 Å². The van der Waals surface area contributed by atoms with E-state index in [0.29, 0.717) is 23.7 Å². The molecule has 146 valence electrons. The van der Waals surface area contributed by atoms with E-state index < -0.39 is 5.97 Å². The molecule has 0 amide bonds. The molecule has 0 spiro atoms. The van der Waals surface area contributed by atoms with Crippen LogP contribution in [0.5, 0.6) is 11.5 Å². The molecule has 0 aliphatic heterocycles. The number of carbonyl (C=O) groups excluding carboxylic acids is 1. The third-order valence-corrected chi connectivity index (χ3v) is 4.05. The SMILES string of the molecule is Cc1noc(C)c1COc1ccc(C(=O)OCCOc2ccc(F)cc2)cc1. The number of esters is 1. The summed E-state index contributed by atoms with van der Waals surface area (Å²) in [5, 5.41) is 3.88. The number of carbonyl (C=O) groups is 1. The van der Waals surface area contributed by atoms with Gasteiger partial charge in [-0.05, 0) is 62.4 Å². The van der Waals surface area contributed by atoms with Crippen molar-refractivity contribution >= 4 is 5.97 Å². The molecule has 0 N–H and O–H groups in total. The van der Waals surface area contributed by atoms with Crippen molar-refractivity contribution in [1.29, 1.82) is 0 Å². The first-order chi connectivity index (χ1) is 13.5. The van der Waals surface area contributed by atoms with Crippen LogP contribution in [0.15, 0.2) is 53.1 Å². The summed E-state index contributed by atoms with van der Waals surface area (Å²) >= 11 is 0. The fourth-order valence-electron chi connectivity index (χ4n) is 2.46. The average molecular weight is 385 g/mol. The second kappa shape index (κ2) is 9.03. The summed E-state index contributed by atoms with van der Waals surface area (Å²) in [7, 11) is 0. The molecule has 0 fully saturated rings. The molecule has 0 unspecified atom stereocenters. The van der Waals surface area contributed by atoms with E-state index in [1.165, 1.54) is 24.3 Å². The fourth-order valence-corrected chi connectivity index (χ4v) is 2.46. The molecule has 1 heterocycles. The molecule has 1 aromatic heterocycles. The number of benzene rings is 2. The van der Waals surface area contributed by atoms with Gasteiger partial charge >= 0.3 is 5.97 Å². The minimum atomic E-state index is -0.458. The van der Waals surface area contributed by atoms with Gasteiger partial charge in [-0.2, -0.15) is 0 Å². The highest BCUT2D eigenvalue weighted by molar-refractivity contribution is 5.89. The van der Waals surface area contributed by atoms with E-state index >= 15 is 0 Å². The van der Waals surface area contributed by atoms with E-state index in [1.807, 2.05) is 13.8 Å². The van der Waals surface area contributed by atoms with Crippen LogP contribution < -0.4 is 9.47 Å². The number of aromatic nitrogens is 1. The zero-order valence-electron chi connectivity index (χ0n) is 15.6. The Morgan fingerprint density at radius 1 is 0.964 bits per heavy atom. The molecule has 3 rings (SSSR count). The van der Waals surface area contributed by atoms with Crippen molar-refractivity contribution in [2.24, 2.45) is 0 Å². The van der Waals surface area contributed by atoms with Gasteiger partial charge < -0.3 is 18.7 Å². The minimum Gasteiger partial charge on any atom is -0.490 e. The van der Waals surface area contributed by atoms with Gasteiger partial charge in [-0.3, -0.25) is 0 Å². The van der Waals surface area contributed by atoms with Gasteiger partial charge in [0.05, 0.1) is 16.8 Å². The van der Waals surface area contributed by atoms with Crippen LogP contribution >= 0.6 is 0 Å². The number of nitrogens with zero attached hydrogens (tertiary/aromatic N) is 1. The van der Waals surface area contributed by atoms with Gasteiger partial charge in [0.1, 0.15) is 42.9 Å². The van der Waals surface area contributed by atoms with Crippen LogP contribution in [0.4, 0.5) is 4.39 Å². The first kappa shape index (κ1) is 19.4. The van der Waals surface area contributed by atoms with Crippen LogP contribution in [-0.4, -0.2) is 24.3 Å². The predicted octanol–water partition coefficient (Wildman–Crippen LogP) is 4.25. The molecular formula is C21H20FNO5. The molecular weight excluding hydrogens is 365 g/mol. The predicted molar refractivity (Wildman–Crippen MR) is 98.9 cm³/mol. The molecule has 28 heavy (non-hydrogen) atoms. The van der Waals surface area contributed by atoms with Gasteiger partial charge in [0, 0.05) is 0 Å². The Bertz CT molecular complexity index is 899. The highest BCUT2D eigenvalue weighted by atomic mass is 19.1. The molecule has 0 aliphatic rings. The van der Waals surface area contributed by atoms with Crippen molar-refractivity contribution in [3.8, 4) is 11.5 Å². The van der Waals surface area contributed by atoms with Gasteiger partial charge in [0.15, 0.2) is 0 Å². The summed E-state index contributed by atoms with van der Waals surface area (Å²) in [6, 6.07) is 12.3. The number of aryl methyl sites for hydroxylation is 2. The first-order valence-electron chi connectivity index (χ1n) is 8.73. The second-order valence-corrected chi connectivity index (χ2v) is 6.05. The quantitative estimate of drug-likeness (QED) is 0.427. The topological polar surface area (TPSA) is 70.8 Å². The van der Waals surface area contributed by atoms with Crippen molar-refractivity contribution in [1.82, 2.24) is 5.16 Å². The van der Waals surface area contributed by atoms with Gasteiger partial charge in [-0.25, -0.2) is 9.18 Å². The van der Waals surface area contributed by atoms with Crippen LogP contribution in [0.25, 0.3) is 0 Å². The van der Waals surface area contributed by atoms with E-state index in [4.69, 9.17) is 18.7 Å². The number of halogens is 1. The summed E-state index contributed by atoms with van der Waals surface area (Å²) in [5.41, 5.74) is 2.11. The molecule has 0 radical (unpaired) electrons. The minimum absolute atomic E-state index is 0.0838. The smallest absolute Gasteiger partial charge is 0.338 e. The number of ether oxygens (including phenoxy) is 3. The summed E-state index contributed by atoms with van der Waals surface area (Å²) in [4.78, 5) is 12.1. The largest absolute Gasteiger partial charge is 0.490 e. The third-order valence-electron chi connectivity index (χ3n) is 4.05.